The third kappa shape index (κ3) is 2.92. The summed E-state index contributed by atoms with van der Waals surface area (Å²) in [5, 5.41) is 0.823. The molecular weight excluding hydrogens is 286 g/mol. The van der Waals surface area contributed by atoms with E-state index in [0.29, 0.717) is 23.7 Å². The standard InChI is InChI=1S/C14H15N5OS/c1-2-5-20-11-6-9(3-4-10(11)15)21-14-12-13(17-7-16-12)18-8-19-14/h3-4,6-8H,2,5,15H2,1H3,(H,16,17,18,19). The third-order valence-electron chi connectivity index (χ3n) is 2.85. The van der Waals surface area contributed by atoms with Gasteiger partial charge in [-0.25, -0.2) is 15.0 Å². The van der Waals surface area contributed by atoms with Crippen LogP contribution in [0.15, 0.2) is 40.8 Å². The summed E-state index contributed by atoms with van der Waals surface area (Å²) in [7, 11) is 0. The van der Waals surface area contributed by atoms with Crippen molar-refractivity contribution in [3.63, 3.8) is 0 Å². The predicted molar refractivity (Wildman–Crippen MR) is 82.4 cm³/mol. The number of fused-ring (bicyclic) bond motifs is 1. The lowest BCUT2D eigenvalue weighted by Gasteiger charge is -2.09. The van der Waals surface area contributed by atoms with Gasteiger partial charge < -0.3 is 15.5 Å². The monoisotopic (exact) mass is 301 g/mol. The fourth-order valence-corrected chi connectivity index (χ4v) is 2.72. The molecule has 3 rings (SSSR count). The molecule has 1 aromatic carbocycles. The lowest BCUT2D eigenvalue weighted by molar-refractivity contribution is 0.318. The first-order chi connectivity index (χ1) is 10.3. The van der Waals surface area contributed by atoms with Crippen LogP contribution in [0.5, 0.6) is 5.75 Å². The first-order valence-corrected chi connectivity index (χ1v) is 7.44. The molecule has 0 saturated carbocycles. The number of H-pyrrole nitrogens is 1. The maximum Gasteiger partial charge on any atom is 0.181 e. The normalized spacial score (nSPS) is 10.9. The molecule has 0 aliphatic rings. The molecule has 108 valence electrons. The van der Waals surface area contributed by atoms with Gasteiger partial charge in [-0.15, -0.1) is 0 Å². The van der Waals surface area contributed by atoms with Crippen molar-refractivity contribution >= 4 is 28.6 Å². The summed E-state index contributed by atoms with van der Waals surface area (Å²) in [5.74, 6) is 0.705. The van der Waals surface area contributed by atoms with Crippen molar-refractivity contribution in [3.05, 3.63) is 30.9 Å². The van der Waals surface area contributed by atoms with Crippen LogP contribution in [0.25, 0.3) is 11.2 Å². The molecule has 7 heteroatoms. The van der Waals surface area contributed by atoms with Gasteiger partial charge in [0.25, 0.3) is 0 Å². The van der Waals surface area contributed by atoms with E-state index < -0.39 is 0 Å². The summed E-state index contributed by atoms with van der Waals surface area (Å²) in [6.07, 6.45) is 4.07. The molecule has 0 atom stereocenters. The minimum absolute atomic E-state index is 0.641. The Morgan fingerprint density at radius 3 is 3.05 bits per heavy atom. The maximum absolute atomic E-state index is 5.92. The highest BCUT2D eigenvalue weighted by atomic mass is 32.2. The molecule has 0 bridgehead atoms. The van der Waals surface area contributed by atoms with E-state index in [2.05, 4.69) is 26.9 Å². The minimum atomic E-state index is 0.641. The molecule has 0 amide bonds. The average Bonchev–Trinajstić information content (AvgIpc) is 2.97. The molecule has 0 radical (unpaired) electrons. The van der Waals surface area contributed by atoms with Gasteiger partial charge in [0.05, 0.1) is 18.6 Å². The predicted octanol–water partition coefficient (Wildman–Crippen LogP) is 2.88. The van der Waals surface area contributed by atoms with Crippen molar-refractivity contribution in [2.24, 2.45) is 0 Å². The first-order valence-electron chi connectivity index (χ1n) is 6.62. The van der Waals surface area contributed by atoms with Crippen molar-refractivity contribution in [1.29, 1.82) is 0 Å². The Bertz CT molecular complexity index is 758. The number of hydrogen-bond donors (Lipinski definition) is 2. The molecule has 0 aliphatic carbocycles. The zero-order chi connectivity index (χ0) is 14.7. The molecule has 0 aliphatic heterocycles. The zero-order valence-corrected chi connectivity index (χ0v) is 12.4. The number of nitrogens with two attached hydrogens (primary N) is 1. The lowest BCUT2D eigenvalue weighted by Crippen LogP contribution is -1.99. The molecular formula is C14H15N5OS. The highest BCUT2D eigenvalue weighted by molar-refractivity contribution is 7.99. The van der Waals surface area contributed by atoms with Crippen LogP contribution in [-0.2, 0) is 0 Å². The highest BCUT2D eigenvalue weighted by Gasteiger charge is 2.09. The third-order valence-corrected chi connectivity index (χ3v) is 3.84. The molecule has 21 heavy (non-hydrogen) atoms. The van der Waals surface area contributed by atoms with E-state index in [0.717, 1.165) is 21.9 Å². The van der Waals surface area contributed by atoms with Gasteiger partial charge in [0.1, 0.15) is 22.6 Å². The number of hydrogen-bond acceptors (Lipinski definition) is 6. The van der Waals surface area contributed by atoms with Gasteiger partial charge in [0, 0.05) is 4.90 Å². The molecule has 0 unspecified atom stereocenters. The Labute approximate surface area is 126 Å². The summed E-state index contributed by atoms with van der Waals surface area (Å²) < 4.78 is 5.65. The van der Waals surface area contributed by atoms with Crippen LogP contribution < -0.4 is 10.5 Å². The van der Waals surface area contributed by atoms with Crippen LogP contribution >= 0.6 is 11.8 Å². The van der Waals surface area contributed by atoms with Gasteiger partial charge in [0.2, 0.25) is 0 Å². The number of nitrogens with one attached hydrogen (secondary N) is 1. The smallest absolute Gasteiger partial charge is 0.181 e. The molecule has 6 nitrogen and oxygen atoms in total. The van der Waals surface area contributed by atoms with E-state index in [4.69, 9.17) is 10.5 Å². The SMILES string of the molecule is CCCOc1cc(Sc2ncnc3nc[nH]c23)ccc1N. The van der Waals surface area contributed by atoms with Gasteiger partial charge >= 0.3 is 0 Å². The number of ether oxygens (including phenoxy) is 1. The van der Waals surface area contributed by atoms with Crippen LogP contribution in [0.1, 0.15) is 13.3 Å². The van der Waals surface area contributed by atoms with E-state index in [1.807, 2.05) is 18.2 Å². The number of nitrogen functional groups attached to an aromatic ring is 1. The van der Waals surface area contributed by atoms with Crippen molar-refractivity contribution in [2.45, 2.75) is 23.3 Å². The number of rotatable bonds is 5. The second-order valence-corrected chi connectivity index (χ2v) is 5.49. The second kappa shape index (κ2) is 6.01. The Kier molecular flexibility index (Phi) is 3.92. The van der Waals surface area contributed by atoms with Gasteiger partial charge in [-0.05, 0) is 24.6 Å². The summed E-state index contributed by atoms with van der Waals surface area (Å²) in [4.78, 5) is 16.6. The topological polar surface area (TPSA) is 89.7 Å². The van der Waals surface area contributed by atoms with Crippen molar-refractivity contribution in [1.82, 2.24) is 19.9 Å². The number of benzene rings is 1. The van der Waals surface area contributed by atoms with E-state index in [9.17, 15) is 0 Å². The van der Waals surface area contributed by atoms with E-state index in [-0.39, 0.29) is 0 Å². The fraction of sp³-hybridized carbons (Fsp3) is 0.214. The summed E-state index contributed by atoms with van der Waals surface area (Å²) in [6, 6.07) is 5.72. The second-order valence-electron chi connectivity index (χ2n) is 4.43. The molecule has 0 spiro atoms. The van der Waals surface area contributed by atoms with Crippen LogP contribution in [0.4, 0.5) is 5.69 Å². The van der Waals surface area contributed by atoms with Crippen LogP contribution in [0, 0.1) is 0 Å². The van der Waals surface area contributed by atoms with Gasteiger partial charge in [-0.2, -0.15) is 0 Å². The number of aromatic nitrogens is 4. The number of nitrogens with zero attached hydrogens (tertiary/aromatic N) is 3. The molecule has 0 saturated heterocycles. The summed E-state index contributed by atoms with van der Waals surface area (Å²) in [5.41, 5.74) is 8.05. The quantitative estimate of drug-likeness (QED) is 0.556. The van der Waals surface area contributed by atoms with Crippen LogP contribution in [-0.4, -0.2) is 26.5 Å². The Hall–Kier alpha value is -2.28. The zero-order valence-electron chi connectivity index (χ0n) is 11.5. The van der Waals surface area contributed by atoms with Crippen molar-refractivity contribution in [2.75, 3.05) is 12.3 Å². The van der Waals surface area contributed by atoms with Gasteiger partial charge in [0.15, 0.2) is 5.65 Å². The van der Waals surface area contributed by atoms with Crippen LogP contribution in [0.3, 0.4) is 0 Å². The molecule has 3 aromatic rings. The largest absolute Gasteiger partial charge is 0.491 e. The van der Waals surface area contributed by atoms with Crippen molar-refractivity contribution < 1.29 is 4.74 Å². The molecule has 2 heterocycles. The van der Waals surface area contributed by atoms with Gasteiger partial charge in [-0.1, -0.05) is 18.7 Å². The van der Waals surface area contributed by atoms with E-state index in [1.165, 1.54) is 18.1 Å². The lowest BCUT2D eigenvalue weighted by atomic mass is 10.3. The Morgan fingerprint density at radius 2 is 2.19 bits per heavy atom. The maximum atomic E-state index is 5.92. The summed E-state index contributed by atoms with van der Waals surface area (Å²) >= 11 is 1.52. The highest BCUT2D eigenvalue weighted by Crippen LogP contribution is 2.34. The fourth-order valence-electron chi connectivity index (χ4n) is 1.85. The van der Waals surface area contributed by atoms with Gasteiger partial charge in [-0.3, -0.25) is 0 Å². The molecule has 3 N–H and O–H groups in total. The van der Waals surface area contributed by atoms with Crippen LogP contribution in [0.2, 0.25) is 0 Å². The first kappa shape index (κ1) is 13.7. The number of imidazole rings is 1. The minimum Gasteiger partial charge on any atom is -0.491 e. The Morgan fingerprint density at radius 1 is 1.29 bits per heavy atom. The van der Waals surface area contributed by atoms with E-state index >= 15 is 0 Å². The summed E-state index contributed by atoms with van der Waals surface area (Å²) in [6.45, 7) is 2.71. The molecule has 0 fully saturated rings. The Balaban J connectivity index is 1.89. The van der Waals surface area contributed by atoms with E-state index in [1.54, 1.807) is 6.33 Å². The number of anilines is 1. The number of aromatic amines is 1. The molecule has 2 aromatic heterocycles. The average molecular weight is 301 g/mol. The van der Waals surface area contributed by atoms with Crippen molar-refractivity contribution in [3.8, 4) is 5.75 Å².